The Balaban J connectivity index is 1.14. The van der Waals surface area contributed by atoms with Crippen LogP contribution in [-0.2, 0) is 0 Å². The fourth-order valence-corrected chi connectivity index (χ4v) is 6.62. The fourth-order valence-electron chi connectivity index (χ4n) is 6.15. The summed E-state index contributed by atoms with van der Waals surface area (Å²) in [5, 5.41) is 0. The summed E-state index contributed by atoms with van der Waals surface area (Å²) in [6.07, 6.45) is 0. The molecule has 4 heteroatoms. The molecule has 8 rings (SSSR count). The van der Waals surface area contributed by atoms with E-state index in [-0.39, 0.29) is 0 Å². The monoisotopic (exact) mass is 716 g/mol. The molecule has 7 aromatic carbocycles. The van der Waals surface area contributed by atoms with Gasteiger partial charge in [-0.15, -0.1) is 0 Å². The molecule has 0 aliphatic carbocycles. The highest BCUT2D eigenvalue weighted by molar-refractivity contribution is 14.1. The van der Waals surface area contributed by atoms with Crippen LogP contribution in [0.25, 0.3) is 55.9 Å². The van der Waals surface area contributed by atoms with Crippen LogP contribution in [-0.4, -0.2) is 4.98 Å². The lowest BCUT2D eigenvalue weighted by atomic mass is 9.89. The zero-order valence-electron chi connectivity index (χ0n) is 25.4. The summed E-state index contributed by atoms with van der Waals surface area (Å²) in [6, 6.07) is 61.8. The van der Waals surface area contributed by atoms with E-state index in [2.05, 4.69) is 185 Å². The fraction of sp³-hybridized carbons (Fsp3) is 0. The zero-order chi connectivity index (χ0) is 31.6. The normalized spacial score (nSPS) is 11.1. The maximum atomic E-state index is 6.07. The minimum Gasteiger partial charge on any atom is -0.436 e. The van der Waals surface area contributed by atoms with Crippen LogP contribution in [0.3, 0.4) is 0 Å². The molecule has 0 saturated heterocycles. The van der Waals surface area contributed by atoms with Crippen LogP contribution >= 0.6 is 22.6 Å². The summed E-state index contributed by atoms with van der Waals surface area (Å²) in [6.45, 7) is 0. The topological polar surface area (TPSA) is 29.3 Å². The van der Waals surface area contributed by atoms with Crippen LogP contribution in [0, 0.1) is 3.57 Å². The molecule has 0 aliphatic heterocycles. The Bertz CT molecular complexity index is 2250. The largest absolute Gasteiger partial charge is 0.436 e. The SMILES string of the molecule is Ic1ccc2oc(-c3ccc(-c4ccccc4-c4ccccc4-c4ccc(N(c5ccccc5)c5ccccc5)cc4)cc3)nc2c1. The Morgan fingerprint density at radius 2 is 0.872 bits per heavy atom. The molecule has 1 heterocycles. The van der Waals surface area contributed by atoms with Gasteiger partial charge in [0, 0.05) is 26.2 Å². The van der Waals surface area contributed by atoms with Crippen LogP contribution < -0.4 is 4.90 Å². The lowest BCUT2D eigenvalue weighted by Gasteiger charge is -2.25. The van der Waals surface area contributed by atoms with Crippen LogP contribution in [0.4, 0.5) is 17.1 Å². The molecule has 0 saturated carbocycles. The molecule has 1 aromatic heterocycles. The van der Waals surface area contributed by atoms with E-state index < -0.39 is 0 Å². The third-order valence-electron chi connectivity index (χ3n) is 8.40. The van der Waals surface area contributed by atoms with Gasteiger partial charge in [0.1, 0.15) is 5.52 Å². The zero-order valence-corrected chi connectivity index (χ0v) is 27.6. The second kappa shape index (κ2) is 12.7. The van der Waals surface area contributed by atoms with Crippen LogP contribution in [0.5, 0.6) is 0 Å². The van der Waals surface area contributed by atoms with Crippen molar-refractivity contribution in [2.75, 3.05) is 4.90 Å². The van der Waals surface area contributed by atoms with Crippen molar-refractivity contribution in [1.29, 1.82) is 0 Å². The van der Waals surface area contributed by atoms with Gasteiger partial charge >= 0.3 is 0 Å². The molecule has 0 radical (unpaired) electrons. The van der Waals surface area contributed by atoms with E-state index in [1.807, 2.05) is 18.2 Å². The molecule has 0 fully saturated rings. The molecule has 0 aliphatic rings. The molecule has 8 aromatic rings. The van der Waals surface area contributed by atoms with E-state index in [4.69, 9.17) is 9.40 Å². The molecule has 0 atom stereocenters. The van der Waals surface area contributed by atoms with Gasteiger partial charge < -0.3 is 9.32 Å². The number of hydrogen-bond acceptors (Lipinski definition) is 3. The van der Waals surface area contributed by atoms with E-state index in [1.165, 1.54) is 27.8 Å². The summed E-state index contributed by atoms with van der Waals surface area (Å²) in [7, 11) is 0. The summed E-state index contributed by atoms with van der Waals surface area (Å²) >= 11 is 2.30. The van der Waals surface area contributed by atoms with E-state index in [0.29, 0.717) is 5.89 Å². The molecule has 0 spiro atoms. The summed E-state index contributed by atoms with van der Waals surface area (Å²) in [5.41, 5.74) is 13.0. The first-order chi connectivity index (χ1) is 23.2. The number of para-hydroxylation sites is 2. The van der Waals surface area contributed by atoms with Gasteiger partial charge in [0.05, 0.1) is 0 Å². The van der Waals surface area contributed by atoms with Gasteiger partial charge in [-0.3, -0.25) is 0 Å². The van der Waals surface area contributed by atoms with Gasteiger partial charge in [-0.2, -0.15) is 0 Å². The maximum Gasteiger partial charge on any atom is 0.227 e. The predicted octanol–water partition coefficient (Wildman–Crippen LogP) is 12.6. The van der Waals surface area contributed by atoms with Gasteiger partial charge in [0.25, 0.3) is 0 Å². The van der Waals surface area contributed by atoms with Gasteiger partial charge in [-0.05, 0) is 123 Å². The number of anilines is 3. The van der Waals surface area contributed by atoms with Crippen molar-refractivity contribution in [2.45, 2.75) is 0 Å². The summed E-state index contributed by atoms with van der Waals surface area (Å²) in [5.74, 6) is 0.633. The molecular weight excluding hydrogens is 687 g/mol. The molecular formula is C43H29IN2O. The van der Waals surface area contributed by atoms with Crippen molar-refractivity contribution in [3.8, 4) is 44.8 Å². The number of aromatic nitrogens is 1. The van der Waals surface area contributed by atoms with Gasteiger partial charge in [-0.25, -0.2) is 4.98 Å². The molecule has 0 bridgehead atoms. The van der Waals surface area contributed by atoms with E-state index in [0.717, 1.165) is 42.9 Å². The van der Waals surface area contributed by atoms with Crippen molar-refractivity contribution < 1.29 is 4.42 Å². The number of nitrogens with zero attached hydrogens (tertiary/aromatic N) is 2. The van der Waals surface area contributed by atoms with E-state index in [1.54, 1.807) is 0 Å². The highest BCUT2D eigenvalue weighted by atomic mass is 127. The van der Waals surface area contributed by atoms with Crippen molar-refractivity contribution in [3.63, 3.8) is 0 Å². The highest BCUT2D eigenvalue weighted by Gasteiger charge is 2.16. The summed E-state index contributed by atoms with van der Waals surface area (Å²) in [4.78, 5) is 7.02. The number of benzene rings is 7. The predicted molar refractivity (Wildman–Crippen MR) is 203 cm³/mol. The van der Waals surface area contributed by atoms with E-state index in [9.17, 15) is 0 Å². The third kappa shape index (κ3) is 5.84. The Labute approximate surface area is 287 Å². The molecule has 3 nitrogen and oxygen atoms in total. The minimum absolute atomic E-state index is 0.633. The highest BCUT2D eigenvalue weighted by Crippen LogP contribution is 2.40. The van der Waals surface area contributed by atoms with Crippen LogP contribution in [0.2, 0.25) is 0 Å². The van der Waals surface area contributed by atoms with Gasteiger partial charge in [0.15, 0.2) is 5.58 Å². The number of fused-ring (bicyclic) bond motifs is 1. The van der Waals surface area contributed by atoms with Crippen molar-refractivity contribution in [3.05, 3.63) is 179 Å². The first kappa shape index (κ1) is 29.0. The Kier molecular flexibility index (Phi) is 7.85. The average Bonchev–Trinajstić information content (AvgIpc) is 3.56. The quantitative estimate of drug-likeness (QED) is 0.154. The van der Waals surface area contributed by atoms with Crippen LogP contribution in [0.15, 0.2) is 180 Å². The first-order valence-electron chi connectivity index (χ1n) is 15.6. The summed E-state index contributed by atoms with van der Waals surface area (Å²) < 4.78 is 7.21. The minimum atomic E-state index is 0.633. The van der Waals surface area contributed by atoms with Gasteiger partial charge in [0.2, 0.25) is 5.89 Å². The Morgan fingerprint density at radius 3 is 1.43 bits per heavy atom. The number of rotatable bonds is 7. The molecule has 0 unspecified atom stereocenters. The average molecular weight is 717 g/mol. The van der Waals surface area contributed by atoms with Crippen molar-refractivity contribution in [1.82, 2.24) is 4.98 Å². The van der Waals surface area contributed by atoms with Crippen LogP contribution in [0.1, 0.15) is 0 Å². The Morgan fingerprint density at radius 1 is 0.426 bits per heavy atom. The molecule has 224 valence electrons. The van der Waals surface area contributed by atoms with Crippen molar-refractivity contribution in [2.24, 2.45) is 0 Å². The second-order valence-corrected chi connectivity index (χ2v) is 12.6. The standard InChI is InChI=1S/C43H29IN2O/c44-33-25-28-42-41(29-33)45-43(47-42)32-21-19-30(20-22-32)37-15-7-9-17-39(37)40-18-10-8-16-38(40)31-23-26-36(27-24-31)46(34-11-3-1-4-12-34)35-13-5-2-6-14-35/h1-29H. The first-order valence-corrected chi connectivity index (χ1v) is 16.7. The smallest absolute Gasteiger partial charge is 0.227 e. The lowest BCUT2D eigenvalue weighted by Crippen LogP contribution is -2.09. The number of oxazole rings is 1. The Hall–Kier alpha value is -5.46. The van der Waals surface area contributed by atoms with Crippen molar-refractivity contribution >= 4 is 50.8 Å². The molecule has 0 N–H and O–H groups in total. The van der Waals surface area contributed by atoms with Gasteiger partial charge in [-0.1, -0.05) is 109 Å². The molecule has 47 heavy (non-hydrogen) atoms. The molecule has 0 amide bonds. The lowest BCUT2D eigenvalue weighted by molar-refractivity contribution is 0.620. The van der Waals surface area contributed by atoms with E-state index >= 15 is 0 Å². The number of hydrogen-bond donors (Lipinski definition) is 0. The second-order valence-electron chi connectivity index (χ2n) is 11.4. The number of halogens is 1. The maximum absolute atomic E-state index is 6.07. The third-order valence-corrected chi connectivity index (χ3v) is 9.07.